The predicted molar refractivity (Wildman–Crippen MR) is 176 cm³/mol. The Morgan fingerprint density at radius 3 is 2.48 bits per heavy atom. The number of piperidine rings is 1. The lowest BCUT2D eigenvalue weighted by Gasteiger charge is -2.54. The Morgan fingerprint density at radius 1 is 1.06 bits per heavy atom. The van der Waals surface area contributed by atoms with Crippen molar-refractivity contribution in [1.82, 2.24) is 28.8 Å². The van der Waals surface area contributed by atoms with Crippen LogP contribution in [0, 0.1) is 11.2 Å². The van der Waals surface area contributed by atoms with Crippen LogP contribution in [0.25, 0.3) is 0 Å². The third kappa shape index (κ3) is 7.03. The summed E-state index contributed by atoms with van der Waals surface area (Å²) in [5, 5.41) is 0. The molecule has 1 amide bonds. The molecule has 7 rings (SSSR count). The Labute approximate surface area is 281 Å². The highest BCUT2D eigenvalue weighted by Crippen LogP contribution is 2.45. The minimum Gasteiger partial charge on any atom is -0.451 e. The summed E-state index contributed by atoms with van der Waals surface area (Å²) in [6.07, 6.45) is 7.86. The van der Waals surface area contributed by atoms with E-state index < -0.39 is 16.0 Å². The molecule has 5 aliphatic rings. The molecule has 2 aromatic rings. The maximum atomic E-state index is 14.4. The molecule has 262 valence electrons. The lowest BCUT2D eigenvalue weighted by Crippen LogP contribution is -2.61. The van der Waals surface area contributed by atoms with Gasteiger partial charge in [-0.25, -0.2) is 14.4 Å². The minimum absolute atomic E-state index is 0.111. The van der Waals surface area contributed by atoms with E-state index in [0.717, 1.165) is 64.8 Å². The zero-order valence-corrected chi connectivity index (χ0v) is 28.5. The highest BCUT2D eigenvalue weighted by atomic mass is 32.2. The van der Waals surface area contributed by atoms with Crippen LogP contribution in [0.2, 0.25) is 0 Å². The first-order chi connectivity index (χ1) is 23.1. The van der Waals surface area contributed by atoms with Gasteiger partial charge in [0.05, 0.1) is 49.8 Å². The standard InChI is InChI=1S/C33H46FN7O6S/c1-23-17-45-18-24(2)41(23)32(42)28-14-25(34)4-7-29(28)47-30-15-35-22-36-31(30)39-20-33(21-39)8-12-38(13-9-33)16-27-6-5-26(19-46-27)37-48(43,44)40-10-3-11-40/h4,7,14-15,22-24,26-27,37H,3,5-6,8-13,16-21H2,1-2H3/t23-,24+,26-,27+/m1/s1. The van der Waals surface area contributed by atoms with Crippen LogP contribution in [0.4, 0.5) is 10.2 Å². The summed E-state index contributed by atoms with van der Waals surface area (Å²) in [6, 6.07) is 3.55. The van der Waals surface area contributed by atoms with Crippen LogP contribution >= 0.6 is 0 Å². The van der Waals surface area contributed by atoms with E-state index in [2.05, 4.69) is 24.5 Å². The summed E-state index contributed by atoms with van der Waals surface area (Å²) >= 11 is 0. The van der Waals surface area contributed by atoms with Gasteiger partial charge in [0.15, 0.2) is 11.6 Å². The van der Waals surface area contributed by atoms with Crippen molar-refractivity contribution in [2.24, 2.45) is 5.41 Å². The number of rotatable bonds is 9. The molecule has 6 heterocycles. The van der Waals surface area contributed by atoms with Gasteiger partial charge in [0.2, 0.25) is 0 Å². The smallest absolute Gasteiger partial charge is 0.279 e. The fourth-order valence-corrected chi connectivity index (χ4v) is 9.12. The molecule has 0 radical (unpaired) electrons. The number of halogens is 1. The highest BCUT2D eigenvalue weighted by molar-refractivity contribution is 7.87. The van der Waals surface area contributed by atoms with Crippen LogP contribution in [0.1, 0.15) is 56.3 Å². The zero-order valence-electron chi connectivity index (χ0n) is 27.7. The van der Waals surface area contributed by atoms with Crippen molar-refractivity contribution in [3.8, 4) is 11.5 Å². The molecule has 5 fully saturated rings. The summed E-state index contributed by atoms with van der Waals surface area (Å²) in [5.41, 5.74) is 0.342. The maximum absolute atomic E-state index is 14.4. The molecule has 48 heavy (non-hydrogen) atoms. The van der Waals surface area contributed by atoms with Gasteiger partial charge in [0, 0.05) is 44.2 Å². The summed E-state index contributed by atoms with van der Waals surface area (Å²) < 4.78 is 61.5. The van der Waals surface area contributed by atoms with Crippen LogP contribution in [0.5, 0.6) is 11.5 Å². The lowest BCUT2D eigenvalue weighted by atomic mass is 9.72. The molecule has 5 aliphatic heterocycles. The average Bonchev–Trinajstić information content (AvgIpc) is 3.01. The van der Waals surface area contributed by atoms with E-state index in [4.69, 9.17) is 14.2 Å². The second-order valence-electron chi connectivity index (χ2n) is 14.2. The number of aromatic nitrogens is 2. The lowest BCUT2D eigenvalue weighted by molar-refractivity contribution is -0.0301. The number of nitrogens with one attached hydrogen (secondary N) is 1. The number of likely N-dealkylation sites (tertiary alicyclic amines) is 1. The Balaban J connectivity index is 0.923. The van der Waals surface area contributed by atoms with Gasteiger partial charge in [-0.1, -0.05) is 0 Å². The molecule has 4 atom stereocenters. The summed E-state index contributed by atoms with van der Waals surface area (Å²) in [4.78, 5) is 28.8. The molecule has 0 unspecified atom stereocenters. The normalized spacial score (nSPS) is 28.1. The molecule has 0 saturated carbocycles. The second kappa shape index (κ2) is 13.8. The number of benzene rings is 1. The molecule has 5 saturated heterocycles. The van der Waals surface area contributed by atoms with Gasteiger partial charge in [-0.15, -0.1) is 0 Å². The predicted octanol–water partition coefficient (Wildman–Crippen LogP) is 2.65. The highest BCUT2D eigenvalue weighted by Gasteiger charge is 2.46. The molecule has 0 bridgehead atoms. The van der Waals surface area contributed by atoms with E-state index in [1.807, 2.05) is 13.8 Å². The largest absolute Gasteiger partial charge is 0.451 e. The number of hydrogen-bond donors (Lipinski definition) is 1. The fraction of sp³-hybridized carbons (Fsp3) is 0.667. The zero-order chi connectivity index (χ0) is 33.5. The van der Waals surface area contributed by atoms with Crippen LogP contribution < -0.4 is 14.4 Å². The van der Waals surface area contributed by atoms with E-state index in [0.29, 0.717) is 44.5 Å². The number of hydrogen-bond acceptors (Lipinski definition) is 10. The number of carbonyl (C=O) groups excluding carboxylic acids is 1. The van der Waals surface area contributed by atoms with Gasteiger partial charge in [-0.05, 0) is 77.2 Å². The number of anilines is 1. The van der Waals surface area contributed by atoms with Crippen LogP contribution in [-0.2, 0) is 19.7 Å². The maximum Gasteiger partial charge on any atom is 0.279 e. The number of nitrogens with zero attached hydrogens (tertiary/aromatic N) is 6. The SMILES string of the molecule is C[C@@H]1COC[C@H](C)N1C(=O)c1cc(F)ccc1Oc1cncnc1N1CC2(CCN(C[C@@H]3CC[C@@H](NS(=O)(=O)N4CCC4)CO3)CC2)C1. The van der Waals surface area contributed by atoms with Gasteiger partial charge in [-0.3, -0.25) is 4.79 Å². The average molecular weight is 688 g/mol. The summed E-state index contributed by atoms with van der Waals surface area (Å²) in [7, 11) is -3.40. The summed E-state index contributed by atoms with van der Waals surface area (Å²) in [6.45, 7) is 10.8. The quantitative estimate of drug-likeness (QED) is 0.420. The second-order valence-corrected chi connectivity index (χ2v) is 15.9. The fourth-order valence-electron chi connectivity index (χ4n) is 7.62. The third-order valence-corrected chi connectivity index (χ3v) is 12.2. The number of ether oxygens (including phenoxy) is 3. The van der Waals surface area contributed by atoms with Gasteiger partial charge in [0.1, 0.15) is 17.9 Å². The van der Waals surface area contributed by atoms with E-state index in [-0.39, 0.29) is 46.9 Å². The van der Waals surface area contributed by atoms with Gasteiger partial charge >= 0.3 is 0 Å². The van der Waals surface area contributed by atoms with Crippen LogP contribution in [0.15, 0.2) is 30.7 Å². The van der Waals surface area contributed by atoms with Crippen molar-refractivity contribution in [1.29, 1.82) is 0 Å². The molecule has 1 N–H and O–H groups in total. The molecule has 1 aromatic carbocycles. The summed E-state index contributed by atoms with van der Waals surface area (Å²) in [5.74, 6) is 0.532. The van der Waals surface area contributed by atoms with E-state index in [1.165, 1.54) is 28.8 Å². The van der Waals surface area contributed by atoms with Crippen LogP contribution in [0.3, 0.4) is 0 Å². The number of amides is 1. The molecule has 0 aliphatic carbocycles. The van der Waals surface area contributed by atoms with Crippen molar-refractivity contribution >= 4 is 21.9 Å². The number of morpholine rings is 1. The topological polar surface area (TPSA) is 130 Å². The van der Waals surface area contributed by atoms with E-state index in [1.54, 1.807) is 11.1 Å². The molecule has 13 nitrogen and oxygen atoms in total. The van der Waals surface area contributed by atoms with E-state index in [9.17, 15) is 17.6 Å². The Morgan fingerprint density at radius 2 is 1.81 bits per heavy atom. The van der Waals surface area contributed by atoms with Gasteiger partial charge in [0.25, 0.3) is 16.1 Å². The van der Waals surface area contributed by atoms with Gasteiger partial charge in [-0.2, -0.15) is 17.4 Å². The molecular formula is C33H46FN7O6S. The Kier molecular flexibility index (Phi) is 9.61. The minimum atomic E-state index is -3.40. The first-order valence-electron chi connectivity index (χ1n) is 17.1. The van der Waals surface area contributed by atoms with Crippen molar-refractivity contribution in [3.63, 3.8) is 0 Å². The van der Waals surface area contributed by atoms with Crippen molar-refractivity contribution in [2.75, 3.05) is 70.5 Å². The molecule has 1 aromatic heterocycles. The number of carbonyl (C=O) groups is 1. The first kappa shape index (κ1) is 33.5. The van der Waals surface area contributed by atoms with Crippen molar-refractivity contribution in [3.05, 3.63) is 42.1 Å². The molecular weight excluding hydrogens is 641 g/mol. The van der Waals surface area contributed by atoms with Crippen molar-refractivity contribution < 1.29 is 31.8 Å². The van der Waals surface area contributed by atoms with Crippen molar-refractivity contribution in [2.45, 2.75) is 70.2 Å². The monoisotopic (exact) mass is 687 g/mol. The third-order valence-electron chi connectivity index (χ3n) is 10.5. The van der Waals surface area contributed by atoms with Gasteiger partial charge < -0.3 is 28.9 Å². The first-order valence-corrected chi connectivity index (χ1v) is 18.6. The van der Waals surface area contributed by atoms with Crippen LogP contribution in [-0.4, -0.2) is 128 Å². The Hall–Kier alpha value is -2.95. The van der Waals surface area contributed by atoms with E-state index >= 15 is 0 Å². The molecule has 15 heteroatoms. The Bertz CT molecular complexity index is 1560. The molecule has 1 spiro atoms.